The molecule has 3 rings (SSSR count). The van der Waals surface area contributed by atoms with Gasteiger partial charge in [0.25, 0.3) is 5.91 Å². The van der Waals surface area contributed by atoms with Crippen LogP contribution in [0.4, 0.5) is 5.69 Å². The summed E-state index contributed by atoms with van der Waals surface area (Å²) in [4.78, 5) is 39.2. The zero-order valence-corrected chi connectivity index (χ0v) is 17.2. The number of hydrogen-bond donors (Lipinski definition) is 1. The van der Waals surface area contributed by atoms with E-state index in [2.05, 4.69) is 5.32 Å². The summed E-state index contributed by atoms with van der Waals surface area (Å²) in [5.41, 5.74) is 1.11. The molecule has 1 aliphatic rings. The van der Waals surface area contributed by atoms with Crippen molar-refractivity contribution in [3.8, 4) is 5.75 Å². The van der Waals surface area contributed by atoms with Crippen molar-refractivity contribution in [2.24, 2.45) is 5.92 Å². The van der Waals surface area contributed by atoms with Crippen LogP contribution in [0.5, 0.6) is 5.75 Å². The lowest BCUT2D eigenvalue weighted by Crippen LogP contribution is -2.42. The van der Waals surface area contributed by atoms with Crippen LogP contribution >= 0.6 is 0 Å². The highest BCUT2D eigenvalue weighted by Gasteiger charge is 2.32. The van der Waals surface area contributed by atoms with E-state index in [0.29, 0.717) is 36.5 Å². The first-order valence-electron chi connectivity index (χ1n) is 9.94. The van der Waals surface area contributed by atoms with Crippen LogP contribution in [0.15, 0.2) is 54.6 Å². The summed E-state index contributed by atoms with van der Waals surface area (Å²) in [5.74, 6) is -0.841. The number of rotatable bonds is 6. The van der Waals surface area contributed by atoms with Crippen molar-refractivity contribution in [2.75, 3.05) is 25.5 Å². The maximum absolute atomic E-state index is 13.0. The number of anilines is 1. The molecule has 1 aliphatic heterocycles. The van der Waals surface area contributed by atoms with Crippen LogP contribution in [0, 0.1) is 5.92 Å². The molecule has 7 nitrogen and oxygen atoms in total. The van der Waals surface area contributed by atoms with Gasteiger partial charge in [-0.1, -0.05) is 36.4 Å². The highest BCUT2D eigenvalue weighted by molar-refractivity contribution is 5.96. The lowest BCUT2D eigenvalue weighted by atomic mass is 9.98. The molecule has 1 heterocycles. The van der Waals surface area contributed by atoms with Crippen molar-refractivity contribution < 1.29 is 23.9 Å². The SMILES string of the molecule is COc1cccc(NC(=O)[C@@H](OC(=O)[C@H]2CCCN(C(C)=O)C2)c2ccccc2)c1. The number of carbonyl (C=O) groups excluding carboxylic acids is 3. The minimum Gasteiger partial charge on any atom is -0.497 e. The van der Waals surface area contributed by atoms with Gasteiger partial charge in [0.2, 0.25) is 12.0 Å². The summed E-state index contributed by atoms with van der Waals surface area (Å²) >= 11 is 0. The molecule has 0 bridgehead atoms. The number of methoxy groups -OCH3 is 1. The molecule has 0 spiro atoms. The first kappa shape index (κ1) is 21.4. The lowest BCUT2D eigenvalue weighted by molar-refractivity contribution is -0.161. The Hall–Kier alpha value is -3.35. The molecule has 2 amide bonds. The van der Waals surface area contributed by atoms with E-state index < -0.39 is 23.9 Å². The smallest absolute Gasteiger partial charge is 0.311 e. The number of nitrogens with zero attached hydrogens (tertiary/aromatic N) is 1. The van der Waals surface area contributed by atoms with Gasteiger partial charge in [-0.3, -0.25) is 14.4 Å². The van der Waals surface area contributed by atoms with Gasteiger partial charge in [0.1, 0.15) is 5.75 Å². The molecule has 30 heavy (non-hydrogen) atoms. The molecule has 1 fully saturated rings. The first-order valence-corrected chi connectivity index (χ1v) is 9.94. The molecule has 1 saturated heterocycles. The third-order valence-electron chi connectivity index (χ3n) is 5.11. The summed E-state index contributed by atoms with van der Waals surface area (Å²) in [6.07, 6.45) is 0.255. The van der Waals surface area contributed by atoms with Gasteiger partial charge < -0.3 is 19.7 Å². The van der Waals surface area contributed by atoms with Crippen LogP contribution in [0.2, 0.25) is 0 Å². The number of ether oxygens (including phenoxy) is 2. The zero-order chi connectivity index (χ0) is 21.5. The van der Waals surface area contributed by atoms with E-state index >= 15 is 0 Å². The van der Waals surface area contributed by atoms with Crippen LogP contribution in [0.1, 0.15) is 31.4 Å². The highest BCUT2D eigenvalue weighted by Crippen LogP contribution is 2.25. The van der Waals surface area contributed by atoms with Crippen LogP contribution in [0.3, 0.4) is 0 Å². The summed E-state index contributed by atoms with van der Waals surface area (Å²) in [7, 11) is 1.55. The predicted octanol–water partition coefficient (Wildman–Crippen LogP) is 3.18. The standard InChI is InChI=1S/C23H26N2O5/c1-16(26)25-13-7-10-18(15-25)23(28)30-21(17-8-4-3-5-9-17)22(27)24-19-11-6-12-20(14-19)29-2/h3-6,8-9,11-12,14,18,21H,7,10,13,15H2,1-2H3,(H,24,27)/t18-,21-/m0/s1. The van der Waals surface area contributed by atoms with E-state index in [-0.39, 0.29) is 5.91 Å². The minimum absolute atomic E-state index is 0.0668. The van der Waals surface area contributed by atoms with Gasteiger partial charge in [-0.25, -0.2) is 0 Å². The molecule has 2 atom stereocenters. The second-order valence-electron chi connectivity index (χ2n) is 7.25. The fourth-order valence-electron chi connectivity index (χ4n) is 3.48. The fraction of sp³-hybridized carbons (Fsp3) is 0.348. The summed E-state index contributed by atoms with van der Waals surface area (Å²) in [6.45, 7) is 2.44. The number of nitrogens with one attached hydrogen (secondary N) is 1. The predicted molar refractivity (Wildman–Crippen MR) is 112 cm³/mol. The van der Waals surface area contributed by atoms with Crippen LogP contribution < -0.4 is 10.1 Å². The molecule has 0 radical (unpaired) electrons. The van der Waals surface area contributed by atoms with Gasteiger partial charge in [-0.15, -0.1) is 0 Å². The van der Waals surface area contributed by atoms with Crippen molar-refractivity contribution >= 4 is 23.5 Å². The number of benzene rings is 2. The van der Waals surface area contributed by atoms with Gasteiger partial charge in [0, 0.05) is 37.3 Å². The largest absolute Gasteiger partial charge is 0.497 e. The molecule has 0 aliphatic carbocycles. The van der Waals surface area contributed by atoms with Gasteiger partial charge in [-0.05, 0) is 25.0 Å². The Morgan fingerprint density at radius 1 is 1.10 bits per heavy atom. The average Bonchev–Trinajstić information content (AvgIpc) is 2.78. The van der Waals surface area contributed by atoms with Crippen molar-refractivity contribution in [2.45, 2.75) is 25.9 Å². The van der Waals surface area contributed by atoms with E-state index in [9.17, 15) is 14.4 Å². The van der Waals surface area contributed by atoms with E-state index in [4.69, 9.17) is 9.47 Å². The second kappa shape index (κ2) is 9.91. The Morgan fingerprint density at radius 3 is 2.57 bits per heavy atom. The summed E-state index contributed by atoms with van der Waals surface area (Å²) < 4.78 is 10.9. The number of piperidine rings is 1. The summed E-state index contributed by atoms with van der Waals surface area (Å²) in [5, 5.41) is 2.79. The zero-order valence-electron chi connectivity index (χ0n) is 17.2. The van der Waals surface area contributed by atoms with Gasteiger partial charge in [-0.2, -0.15) is 0 Å². The van der Waals surface area contributed by atoms with Crippen LogP contribution in [0.25, 0.3) is 0 Å². The third-order valence-corrected chi connectivity index (χ3v) is 5.11. The molecule has 2 aromatic carbocycles. The van der Waals surface area contributed by atoms with Gasteiger partial charge in [0.05, 0.1) is 13.0 Å². The molecule has 1 N–H and O–H groups in total. The minimum atomic E-state index is -1.10. The van der Waals surface area contributed by atoms with E-state index in [1.807, 2.05) is 6.07 Å². The number of hydrogen-bond acceptors (Lipinski definition) is 5. The Morgan fingerprint density at radius 2 is 1.87 bits per heavy atom. The van der Waals surface area contributed by atoms with Crippen molar-refractivity contribution in [1.82, 2.24) is 4.90 Å². The Labute approximate surface area is 176 Å². The molecule has 7 heteroatoms. The maximum Gasteiger partial charge on any atom is 0.311 e. The monoisotopic (exact) mass is 410 g/mol. The average molecular weight is 410 g/mol. The second-order valence-corrected chi connectivity index (χ2v) is 7.25. The maximum atomic E-state index is 13.0. The number of amides is 2. The van der Waals surface area contributed by atoms with Crippen molar-refractivity contribution in [3.05, 3.63) is 60.2 Å². The molecular weight excluding hydrogens is 384 g/mol. The number of esters is 1. The summed E-state index contributed by atoms with van der Waals surface area (Å²) in [6, 6.07) is 15.8. The van der Waals surface area contributed by atoms with Gasteiger partial charge in [0.15, 0.2) is 0 Å². The fourth-order valence-corrected chi connectivity index (χ4v) is 3.48. The molecule has 0 aromatic heterocycles. The molecule has 0 unspecified atom stereocenters. The Kier molecular flexibility index (Phi) is 7.06. The van der Waals surface area contributed by atoms with E-state index in [1.165, 1.54) is 6.92 Å². The quantitative estimate of drug-likeness (QED) is 0.740. The lowest BCUT2D eigenvalue weighted by Gasteiger charge is -2.31. The molecular formula is C23H26N2O5. The van der Waals surface area contributed by atoms with Crippen molar-refractivity contribution in [1.29, 1.82) is 0 Å². The Balaban J connectivity index is 1.76. The first-order chi connectivity index (χ1) is 14.5. The van der Waals surface area contributed by atoms with Crippen LogP contribution in [-0.4, -0.2) is 42.9 Å². The topological polar surface area (TPSA) is 84.9 Å². The van der Waals surface area contributed by atoms with Gasteiger partial charge >= 0.3 is 5.97 Å². The normalized spacial score (nSPS) is 17.0. The Bertz CT molecular complexity index is 899. The van der Waals surface area contributed by atoms with E-state index in [1.54, 1.807) is 60.5 Å². The number of likely N-dealkylation sites (tertiary alicyclic amines) is 1. The van der Waals surface area contributed by atoms with Crippen molar-refractivity contribution in [3.63, 3.8) is 0 Å². The molecule has 158 valence electrons. The number of carbonyl (C=O) groups is 3. The third kappa shape index (κ3) is 5.37. The van der Waals surface area contributed by atoms with E-state index in [0.717, 1.165) is 6.42 Å². The highest BCUT2D eigenvalue weighted by atomic mass is 16.5. The van der Waals surface area contributed by atoms with Crippen LogP contribution in [-0.2, 0) is 19.1 Å². The molecule has 2 aromatic rings. The molecule has 0 saturated carbocycles.